The first-order valence-electron chi connectivity index (χ1n) is 9.39. The number of aliphatic carboxylic acids is 1. The second-order valence-electron chi connectivity index (χ2n) is 7.06. The topological polar surface area (TPSA) is 59.0 Å². The van der Waals surface area contributed by atoms with E-state index in [1.54, 1.807) is 7.11 Å². The molecule has 27 heavy (non-hydrogen) atoms. The van der Waals surface area contributed by atoms with Gasteiger partial charge in [0.25, 0.3) is 0 Å². The van der Waals surface area contributed by atoms with Crippen molar-refractivity contribution in [1.82, 2.24) is 4.90 Å². The minimum absolute atomic E-state index is 0.0204. The fourth-order valence-corrected chi connectivity index (χ4v) is 3.67. The molecule has 1 N–H and O–H groups in total. The summed E-state index contributed by atoms with van der Waals surface area (Å²) in [5.41, 5.74) is 2.19. The van der Waals surface area contributed by atoms with Crippen molar-refractivity contribution in [2.75, 3.05) is 13.7 Å². The van der Waals surface area contributed by atoms with Crippen molar-refractivity contribution in [3.05, 3.63) is 59.7 Å². The fourth-order valence-electron chi connectivity index (χ4n) is 3.67. The third-order valence-electron chi connectivity index (χ3n) is 5.29. The molecule has 144 valence electrons. The second-order valence-corrected chi connectivity index (χ2v) is 7.06. The van der Waals surface area contributed by atoms with Crippen LogP contribution in [0.1, 0.15) is 30.9 Å². The van der Waals surface area contributed by atoms with Crippen LogP contribution in [-0.4, -0.2) is 35.7 Å². The minimum Gasteiger partial charge on any atom is -0.493 e. The minimum atomic E-state index is -0.700. The fraction of sp³-hybridized carbons (Fsp3) is 0.409. The zero-order valence-corrected chi connectivity index (χ0v) is 15.9. The molecule has 1 saturated heterocycles. The quantitative estimate of drug-likeness (QED) is 0.800. The molecule has 1 fully saturated rings. The number of carbonyl (C=O) groups is 1. The molecule has 3 rings (SSSR count). The summed E-state index contributed by atoms with van der Waals surface area (Å²) in [6.07, 6.45) is 1.66. The maximum Gasteiger partial charge on any atom is 0.308 e. The number of rotatable bonds is 7. The first kappa shape index (κ1) is 19.2. The molecule has 0 aliphatic carbocycles. The van der Waals surface area contributed by atoms with Crippen LogP contribution in [0.15, 0.2) is 48.5 Å². The van der Waals surface area contributed by atoms with Crippen LogP contribution in [0.2, 0.25) is 0 Å². The second kappa shape index (κ2) is 8.91. The van der Waals surface area contributed by atoms with Gasteiger partial charge >= 0.3 is 5.97 Å². The van der Waals surface area contributed by atoms with Gasteiger partial charge in [-0.15, -0.1) is 0 Å². The van der Waals surface area contributed by atoms with Crippen molar-refractivity contribution in [3.63, 3.8) is 0 Å². The predicted molar refractivity (Wildman–Crippen MR) is 104 cm³/mol. The van der Waals surface area contributed by atoms with E-state index in [1.807, 2.05) is 55.5 Å². The molecule has 2 atom stereocenters. The molecular weight excluding hydrogens is 342 g/mol. The first-order chi connectivity index (χ1) is 13.1. The Labute approximate surface area is 160 Å². The monoisotopic (exact) mass is 369 g/mol. The molecule has 0 spiro atoms. The SMILES string of the molecule is COc1ccc(CN2CCC[C@H](C(=O)O)[C@@H]2C)cc1OCc1ccccc1. The van der Waals surface area contributed by atoms with E-state index in [-0.39, 0.29) is 12.0 Å². The summed E-state index contributed by atoms with van der Waals surface area (Å²) >= 11 is 0. The third kappa shape index (κ3) is 4.80. The number of carboxylic acid groups (broad SMARTS) is 1. The van der Waals surface area contributed by atoms with Gasteiger partial charge in [-0.3, -0.25) is 9.69 Å². The Bertz CT molecular complexity index is 762. The molecule has 0 unspecified atom stereocenters. The number of likely N-dealkylation sites (tertiary alicyclic amines) is 1. The molecule has 2 aromatic carbocycles. The van der Waals surface area contributed by atoms with Crippen molar-refractivity contribution in [1.29, 1.82) is 0 Å². The number of nitrogens with zero attached hydrogens (tertiary/aromatic N) is 1. The number of piperidine rings is 1. The molecule has 0 saturated carbocycles. The lowest BCUT2D eigenvalue weighted by molar-refractivity contribution is -0.145. The van der Waals surface area contributed by atoms with Gasteiger partial charge in [-0.05, 0) is 49.6 Å². The Morgan fingerprint density at radius 2 is 1.93 bits per heavy atom. The number of benzene rings is 2. The molecule has 5 nitrogen and oxygen atoms in total. The van der Waals surface area contributed by atoms with Crippen LogP contribution in [0.3, 0.4) is 0 Å². The summed E-state index contributed by atoms with van der Waals surface area (Å²) in [5.74, 6) is 0.405. The Balaban J connectivity index is 1.71. The highest BCUT2D eigenvalue weighted by Crippen LogP contribution is 2.31. The summed E-state index contributed by atoms with van der Waals surface area (Å²) in [5, 5.41) is 9.42. The molecule has 0 bridgehead atoms. The average molecular weight is 369 g/mol. The predicted octanol–water partition coefficient (Wildman–Crippen LogP) is 3.96. The Kier molecular flexibility index (Phi) is 6.35. The largest absolute Gasteiger partial charge is 0.493 e. The molecule has 0 aromatic heterocycles. The molecule has 5 heteroatoms. The molecule has 0 amide bonds. The van der Waals surface area contributed by atoms with E-state index in [0.717, 1.165) is 30.5 Å². The molecule has 0 radical (unpaired) electrons. The lowest BCUT2D eigenvalue weighted by atomic mass is 9.90. The Hall–Kier alpha value is -2.53. The van der Waals surface area contributed by atoms with Gasteiger partial charge in [0.15, 0.2) is 11.5 Å². The summed E-state index contributed by atoms with van der Waals surface area (Å²) in [6.45, 7) is 4.10. The Morgan fingerprint density at radius 1 is 1.15 bits per heavy atom. The van der Waals surface area contributed by atoms with Crippen molar-refractivity contribution < 1.29 is 19.4 Å². The summed E-state index contributed by atoms with van der Waals surface area (Å²) < 4.78 is 11.4. The van der Waals surface area contributed by atoms with Gasteiger partial charge in [0.2, 0.25) is 0 Å². The zero-order chi connectivity index (χ0) is 19.2. The van der Waals surface area contributed by atoms with E-state index >= 15 is 0 Å². The highest BCUT2D eigenvalue weighted by atomic mass is 16.5. The summed E-state index contributed by atoms with van der Waals surface area (Å²) in [6, 6.07) is 16.0. The lowest BCUT2D eigenvalue weighted by Crippen LogP contribution is -2.45. The smallest absolute Gasteiger partial charge is 0.308 e. The standard InChI is InChI=1S/C22H27NO4/c1-16-19(22(24)25)9-6-12-23(16)14-18-10-11-20(26-2)21(13-18)27-15-17-7-4-3-5-8-17/h3-5,7-8,10-11,13,16,19H,6,9,12,14-15H2,1-2H3,(H,24,25)/t16-,19-/m0/s1. The molecule has 1 aliphatic heterocycles. The molecule has 1 aliphatic rings. The number of ether oxygens (including phenoxy) is 2. The van der Waals surface area contributed by atoms with Crippen molar-refractivity contribution >= 4 is 5.97 Å². The van der Waals surface area contributed by atoms with Crippen LogP contribution in [0.4, 0.5) is 0 Å². The zero-order valence-electron chi connectivity index (χ0n) is 15.9. The average Bonchev–Trinajstić information content (AvgIpc) is 2.68. The molecular formula is C22H27NO4. The number of methoxy groups -OCH3 is 1. The van der Waals surface area contributed by atoms with Gasteiger partial charge in [0, 0.05) is 12.6 Å². The van der Waals surface area contributed by atoms with Gasteiger partial charge in [-0.25, -0.2) is 0 Å². The van der Waals surface area contributed by atoms with Crippen molar-refractivity contribution in [3.8, 4) is 11.5 Å². The third-order valence-corrected chi connectivity index (χ3v) is 5.29. The van der Waals surface area contributed by atoms with Gasteiger partial charge in [0.1, 0.15) is 6.61 Å². The highest BCUT2D eigenvalue weighted by Gasteiger charge is 2.32. The lowest BCUT2D eigenvalue weighted by Gasteiger charge is -2.37. The van der Waals surface area contributed by atoms with Gasteiger partial charge < -0.3 is 14.6 Å². The first-order valence-corrected chi connectivity index (χ1v) is 9.39. The highest BCUT2D eigenvalue weighted by molar-refractivity contribution is 5.71. The van der Waals surface area contributed by atoms with E-state index < -0.39 is 5.97 Å². The number of carboxylic acids is 1. The van der Waals surface area contributed by atoms with Crippen molar-refractivity contribution in [2.45, 2.75) is 39.0 Å². The van der Waals surface area contributed by atoms with Crippen molar-refractivity contribution in [2.24, 2.45) is 5.92 Å². The van der Waals surface area contributed by atoms with E-state index in [1.165, 1.54) is 0 Å². The van der Waals surface area contributed by atoms with Crippen LogP contribution in [-0.2, 0) is 17.9 Å². The van der Waals surface area contributed by atoms with Gasteiger partial charge in [-0.2, -0.15) is 0 Å². The van der Waals surface area contributed by atoms with E-state index in [9.17, 15) is 9.90 Å². The van der Waals surface area contributed by atoms with Crippen LogP contribution in [0.5, 0.6) is 11.5 Å². The maximum absolute atomic E-state index is 11.5. The van der Waals surface area contributed by atoms with Gasteiger partial charge in [0.05, 0.1) is 13.0 Å². The molecule has 1 heterocycles. The van der Waals surface area contributed by atoms with E-state index in [2.05, 4.69) is 4.90 Å². The van der Waals surface area contributed by atoms with Crippen LogP contribution in [0.25, 0.3) is 0 Å². The Morgan fingerprint density at radius 3 is 2.63 bits per heavy atom. The molecule has 2 aromatic rings. The van der Waals surface area contributed by atoms with Crippen LogP contribution in [0, 0.1) is 5.92 Å². The van der Waals surface area contributed by atoms with E-state index in [0.29, 0.717) is 24.7 Å². The van der Waals surface area contributed by atoms with Gasteiger partial charge in [-0.1, -0.05) is 36.4 Å². The summed E-state index contributed by atoms with van der Waals surface area (Å²) in [4.78, 5) is 13.7. The maximum atomic E-state index is 11.5. The van der Waals surface area contributed by atoms with Crippen LogP contribution >= 0.6 is 0 Å². The normalized spacial score (nSPS) is 20.2. The van der Waals surface area contributed by atoms with Crippen LogP contribution < -0.4 is 9.47 Å². The number of hydrogen-bond acceptors (Lipinski definition) is 4. The summed E-state index contributed by atoms with van der Waals surface area (Å²) in [7, 11) is 1.63. The number of hydrogen-bond donors (Lipinski definition) is 1. The van der Waals surface area contributed by atoms with E-state index in [4.69, 9.17) is 9.47 Å².